The van der Waals surface area contributed by atoms with Gasteiger partial charge in [-0.15, -0.1) is 0 Å². The highest BCUT2D eigenvalue weighted by molar-refractivity contribution is 9.10. The van der Waals surface area contributed by atoms with E-state index in [1.165, 1.54) is 18.5 Å². The summed E-state index contributed by atoms with van der Waals surface area (Å²) in [5.41, 5.74) is -1.13. The lowest BCUT2D eigenvalue weighted by atomic mass is 10.0. The van der Waals surface area contributed by atoms with Gasteiger partial charge in [-0.05, 0) is 83.5 Å². The molecule has 3 aromatic rings. The topological polar surface area (TPSA) is 104 Å². The van der Waals surface area contributed by atoms with E-state index in [9.17, 15) is 32.3 Å². The van der Waals surface area contributed by atoms with Gasteiger partial charge >= 0.3 is 11.9 Å². The molecule has 5 rings (SSSR count). The number of halogens is 7. The number of benzene rings is 2. The molecule has 8 nitrogen and oxygen atoms in total. The normalized spacial score (nSPS) is 14.5. The quantitative estimate of drug-likeness (QED) is 0.0448. The van der Waals surface area contributed by atoms with E-state index in [-0.39, 0.29) is 55.8 Å². The average molecular weight is 797 g/mol. The van der Waals surface area contributed by atoms with Crippen molar-refractivity contribution in [1.29, 1.82) is 0 Å². The third-order valence-corrected chi connectivity index (χ3v) is 8.55. The maximum atomic E-state index is 14.1. The largest absolute Gasteiger partial charge is 0.462 e. The van der Waals surface area contributed by atoms with Crippen molar-refractivity contribution in [2.45, 2.75) is 51.6 Å². The number of Topliss-reactive ketones (excluding diaryl/α,β-unsaturated/α-hetero) is 1. The van der Waals surface area contributed by atoms with Crippen LogP contribution >= 0.6 is 55.1 Å². The third-order valence-electron chi connectivity index (χ3n) is 6.72. The number of nitrogens with one attached hydrogen (secondary N) is 1. The summed E-state index contributed by atoms with van der Waals surface area (Å²) in [6, 6.07) is 2.61. The second-order valence-corrected chi connectivity index (χ2v) is 12.5. The number of pyridine rings is 1. The van der Waals surface area contributed by atoms with Crippen LogP contribution in [0.5, 0.6) is 0 Å². The second-order valence-electron chi connectivity index (χ2n) is 10.0. The number of hydrogen-bond donors (Lipinski definition) is 1. The van der Waals surface area contributed by atoms with E-state index < -0.39 is 51.2 Å². The Labute approximate surface area is 282 Å². The summed E-state index contributed by atoms with van der Waals surface area (Å²) < 4.78 is 53.0. The maximum Gasteiger partial charge on any atom is 0.343 e. The van der Waals surface area contributed by atoms with E-state index >= 15 is 0 Å². The predicted molar refractivity (Wildman–Crippen MR) is 169 cm³/mol. The van der Waals surface area contributed by atoms with E-state index in [1.54, 1.807) is 18.4 Å². The number of hydrogen-bond acceptors (Lipinski definition) is 7. The number of nitrogens with zero attached hydrogens (tertiary/aromatic N) is 1. The summed E-state index contributed by atoms with van der Waals surface area (Å²) >= 11 is 17.5. The molecule has 2 saturated carbocycles. The number of fused-ring (bicyclic) bond motifs is 1. The number of carbonyl (C=O) groups excluding carboxylic acids is 3. The van der Waals surface area contributed by atoms with Gasteiger partial charge < -0.3 is 19.4 Å². The molecule has 1 aromatic heterocycles. The highest BCUT2D eigenvalue weighted by Gasteiger charge is 2.30. The van der Waals surface area contributed by atoms with Gasteiger partial charge in [0.25, 0.3) is 0 Å². The summed E-state index contributed by atoms with van der Waals surface area (Å²) in [5, 5.41) is 2.15. The summed E-state index contributed by atoms with van der Waals surface area (Å²) in [7, 11) is 0. The maximum absolute atomic E-state index is 14.1. The van der Waals surface area contributed by atoms with E-state index in [0.717, 1.165) is 31.7 Å². The minimum absolute atomic E-state index is 0.0588. The molecule has 2 aliphatic rings. The molecule has 45 heavy (non-hydrogen) atoms. The van der Waals surface area contributed by atoms with Crippen LogP contribution in [-0.4, -0.2) is 41.5 Å². The zero-order valence-electron chi connectivity index (χ0n) is 23.7. The highest BCUT2D eigenvalue weighted by atomic mass is 79.9. The van der Waals surface area contributed by atoms with Crippen LogP contribution in [0.4, 0.5) is 13.2 Å². The van der Waals surface area contributed by atoms with E-state index in [0.29, 0.717) is 5.52 Å². The van der Waals surface area contributed by atoms with Crippen molar-refractivity contribution in [3.8, 4) is 0 Å². The van der Waals surface area contributed by atoms with Crippen molar-refractivity contribution in [2.24, 2.45) is 0 Å². The highest BCUT2D eigenvalue weighted by Crippen LogP contribution is 2.40. The number of aromatic nitrogens is 1. The van der Waals surface area contributed by atoms with Gasteiger partial charge in [0.2, 0.25) is 11.2 Å². The molecule has 15 heteroatoms. The Morgan fingerprint density at radius 1 is 0.933 bits per heavy atom. The number of ketones is 1. The molecule has 240 valence electrons. The van der Waals surface area contributed by atoms with Crippen LogP contribution in [0.3, 0.4) is 0 Å². The van der Waals surface area contributed by atoms with Crippen LogP contribution in [0, 0.1) is 17.5 Å². The van der Waals surface area contributed by atoms with Gasteiger partial charge in [-0.2, -0.15) is 0 Å². The molecule has 2 aromatic carbocycles. The lowest BCUT2D eigenvalue weighted by Gasteiger charge is -2.14. The number of rotatable bonds is 9. The Balaban J connectivity index is 0.000000205. The average Bonchev–Trinajstić information content (AvgIpc) is 3.93. The molecule has 1 N–H and O–H groups in total. The van der Waals surface area contributed by atoms with Crippen molar-refractivity contribution in [3.05, 3.63) is 87.9 Å². The molecule has 2 aliphatic carbocycles. The van der Waals surface area contributed by atoms with Crippen LogP contribution in [0.25, 0.3) is 10.9 Å². The Kier molecular flexibility index (Phi) is 11.4. The molecule has 1 heterocycles. The van der Waals surface area contributed by atoms with Gasteiger partial charge in [0.1, 0.15) is 21.2 Å². The third kappa shape index (κ3) is 7.75. The van der Waals surface area contributed by atoms with Crippen molar-refractivity contribution in [2.75, 3.05) is 13.2 Å². The van der Waals surface area contributed by atoms with E-state index in [4.69, 9.17) is 32.7 Å². The van der Waals surface area contributed by atoms with Gasteiger partial charge in [-0.3, -0.25) is 9.59 Å². The van der Waals surface area contributed by atoms with Gasteiger partial charge in [0, 0.05) is 29.9 Å². The van der Waals surface area contributed by atoms with Crippen molar-refractivity contribution >= 4 is 83.7 Å². The monoisotopic (exact) mass is 794 g/mol. The van der Waals surface area contributed by atoms with Crippen molar-refractivity contribution in [1.82, 2.24) is 9.88 Å². The molecule has 0 unspecified atom stereocenters. The first-order valence-electron chi connectivity index (χ1n) is 13.7. The van der Waals surface area contributed by atoms with Crippen molar-refractivity contribution < 1.29 is 37.0 Å². The molecule has 0 bridgehead atoms. The Morgan fingerprint density at radius 3 is 2.11 bits per heavy atom. The molecule has 0 aliphatic heterocycles. The number of carbonyl (C=O) groups is 3. The van der Waals surface area contributed by atoms with Gasteiger partial charge in [0.05, 0.1) is 33.2 Å². The summed E-state index contributed by atoms with van der Waals surface area (Å²) in [6.07, 6.45) is 6.27. The molecular weight excluding hydrogens is 772 g/mol. The van der Waals surface area contributed by atoms with Crippen LogP contribution in [-0.2, 0) is 14.3 Å². The summed E-state index contributed by atoms with van der Waals surface area (Å²) in [4.78, 5) is 49.0. The van der Waals surface area contributed by atoms with Crippen molar-refractivity contribution in [3.63, 3.8) is 0 Å². The fourth-order valence-corrected chi connectivity index (χ4v) is 5.76. The SMILES string of the molecule is CCOC(=O)C(=CNC1CC1)C(=O)c1cc(Br)c(F)c(Cl)c1F.CCOC(=O)c1cn(C2CC2)c2c(Cl)c(F)c(Br)cc2c1=O. The Morgan fingerprint density at radius 2 is 1.53 bits per heavy atom. The standard InChI is InChI=1S/C15H13BrClF2NO3.C15H12BrClFNO3/c1-2-23-15(22)9(6-20-7-3-4-7)14(21)8-5-10(16)13(19)11(17)12(8)18;1-2-22-15(21)9-6-19(7-3-4-7)13-8(14(9)20)5-10(16)12(18)11(13)17/h5-7,20H,2-4H2,1H3;5-7H,2-4H2,1H3. The first-order chi connectivity index (χ1) is 21.3. The lowest BCUT2D eigenvalue weighted by Crippen LogP contribution is -2.21. The molecule has 0 atom stereocenters. The summed E-state index contributed by atoms with van der Waals surface area (Å²) in [5.74, 6) is -5.36. The molecule has 0 spiro atoms. The van der Waals surface area contributed by atoms with Crippen LogP contribution in [0.2, 0.25) is 10.0 Å². The van der Waals surface area contributed by atoms with Crippen LogP contribution in [0.15, 0.2) is 43.8 Å². The predicted octanol–water partition coefficient (Wildman–Crippen LogP) is 7.83. The molecule has 0 radical (unpaired) electrons. The van der Waals surface area contributed by atoms with E-state index in [2.05, 4.69) is 37.2 Å². The molecule has 0 saturated heterocycles. The second kappa shape index (κ2) is 14.7. The first kappa shape index (κ1) is 35.0. The minimum Gasteiger partial charge on any atom is -0.462 e. The number of ether oxygens (including phenoxy) is 2. The van der Waals surface area contributed by atoms with Gasteiger partial charge in [-0.25, -0.2) is 22.8 Å². The fourth-order valence-electron chi connectivity index (χ4n) is 4.17. The zero-order chi connectivity index (χ0) is 33.2. The zero-order valence-corrected chi connectivity index (χ0v) is 28.4. The first-order valence-corrected chi connectivity index (χ1v) is 16.1. The van der Waals surface area contributed by atoms with Crippen LogP contribution < -0.4 is 10.7 Å². The summed E-state index contributed by atoms with van der Waals surface area (Å²) in [6.45, 7) is 3.48. The van der Waals surface area contributed by atoms with Gasteiger partial charge in [0.15, 0.2) is 17.5 Å². The van der Waals surface area contributed by atoms with Crippen LogP contribution in [0.1, 0.15) is 66.3 Å². The lowest BCUT2D eigenvalue weighted by molar-refractivity contribution is -0.138. The Bertz CT molecular complexity index is 1790. The molecular formula is C30H25Br2Cl2F3N2O6. The molecule has 0 amide bonds. The Hall–Kier alpha value is -2.87. The van der Waals surface area contributed by atoms with Gasteiger partial charge in [-0.1, -0.05) is 23.2 Å². The number of esters is 2. The van der Waals surface area contributed by atoms with E-state index in [1.807, 2.05) is 0 Å². The smallest absolute Gasteiger partial charge is 0.343 e. The molecule has 2 fully saturated rings. The fraction of sp³-hybridized carbons (Fsp3) is 0.333. The minimum atomic E-state index is -1.22.